The Morgan fingerprint density at radius 1 is 1.26 bits per heavy atom. The lowest BCUT2D eigenvalue weighted by molar-refractivity contribution is 0.441. The molecule has 0 saturated heterocycles. The van der Waals surface area contributed by atoms with Gasteiger partial charge in [-0.05, 0) is 47.8 Å². The molecule has 1 aromatic carbocycles. The van der Waals surface area contributed by atoms with Crippen LogP contribution < -0.4 is 0 Å². The molecule has 0 radical (unpaired) electrons. The van der Waals surface area contributed by atoms with E-state index < -0.39 is 0 Å². The second-order valence-corrected chi connectivity index (χ2v) is 7.39. The minimum Gasteiger partial charge on any atom is -0.508 e. The highest BCUT2D eigenvalue weighted by Gasteiger charge is 2.19. The molecule has 0 aliphatic heterocycles. The van der Waals surface area contributed by atoms with Crippen molar-refractivity contribution >= 4 is 24.4 Å². The highest BCUT2D eigenvalue weighted by Crippen LogP contribution is 2.37. The van der Waals surface area contributed by atoms with Crippen LogP contribution in [0.4, 0.5) is 0 Å². The summed E-state index contributed by atoms with van der Waals surface area (Å²) in [4.78, 5) is 1.96. The van der Waals surface area contributed by atoms with Gasteiger partial charge in [0.05, 0.1) is 5.88 Å². The molecule has 0 bridgehead atoms. The number of hydrogen-bond donors (Lipinski definition) is 3. The average molecular weight is 383 g/mol. The van der Waals surface area contributed by atoms with Crippen molar-refractivity contribution in [1.82, 2.24) is 9.47 Å². The molecule has 1 aliphatic rings. The van der Waals surface area contributed by atoms with Crippen LogP contribution in [0.5, 0.6) is 11.5 Å². The molecule has 0 atom stereocenters. The van der Waals surface area contributed by atoms with E-state index in [1.807, 2.05) is 37.9 Å². The largest absolute Gasteiger partial charge is 0.508 e. The Morgan fingerprint density at radius 2 is 2.00 bits per heavy atom. The summed E-state index contributed by atoms with van der Waals surface area (Å²) in [6, 6.07) is 5.32. The third-order valence-corrected chi connectivity index (χ3v) is 5.29. The lowest BCUT2D eigenvalue weighted by Gasteiger charge is -2.27. The van der Waals surface area contributed by atoms with Gasteiger partial charge in [0.25, 0.3) is 0 Å². The number of phenols is 2. The van der Waals surface area contributed by atoms with Gasteiger partial charge in [-0.3, -0.25) is 0 Å². The first-order valence-corrected chi connectivity index (χ1v) is 9.62. The first kappa shape index (κ1) is 19.2. The fourth-order valence-electron chi connectivity index (χ4n) is 3.39. The van der Waals surface area contributed by atoms with Crippen LogP contribution in [-0.4, -0.2) is 25.6 Å². The molecular formula is C22H26N2O2S. The highest BCUT2D eigenvalue weighted by molar-refractivity contribution is 7.80. The van der Waals surface area contributed by atoms with E-state index in [1.165, 1.54) is 17.3 Å². The topological polar surface area (TPSA) is 48.6 Å². The van der Waals surface area contributed by atoms with Crippen LogP contribution in [0.15, 0.2) is 48.8 Å². The average Bonchev–Trinajstić information content (AvgIpc) is 2.83. The van der Waals surface area contributed by atoms with Gasteiger partial charge in [-0.1, -0.05) is 26.5 Å². The van der Waals surface area contributed by atoms with Crippen molar-refractivity contribution in [1.29, 1.82) is 0 Å². The number of allylic oxidation sites excluding steroid dienone is 2. The van der Waals surface area contributed by atoms with Crippen molar-refractivity contribution in [3.05, 3.63) is 71.2 Å². The molecule has 1 aromatic heterocycles. The van der Waals surface area contributed by atoms with Gasteiger partial charge in [0, 0.05) is 42.0 Å². The van der Waals surface area contributed by atoms with Gasteiger partial charge in [-0.15, -0.1) is 0 Å². The number of aromatic hydroxyl groups is 2. The second kappa shape index (κ2) is 7.61. The summed E-state index contributed by atoms with van der Waals surface area (Å²) in [5.41, 5.74) is 5.45. The number of benzene rings is 1. The van der Waals surface area contributed by atoms with Gasteiger partial charge in [-0.2, -0.15) is 12.6 Å². The summed E-state index contributed by atoms with van der Waals surface area (Å²) in [6.07, 6.45) is 9.16. The van der Waals surface area contributed by atoms with Crippen LogP contribution in [0.2, 0.25) is 0 Å². The van der Waals surface area contributed by atoms with Gasteiger partial charge in [0.2, 0.25) is 0 Å². The minimum absolute atomic E-state index is 0.00942. The highest BCUT2D eigenvalue weighted by atomic mass is 32.1. The van der Waals surface area contributed by atoms with Crippen LogP contribution in [0.1, 0.15) is 42.1 Å². The van der Waals surface area contributed by atoms with Gasteiger partial charge >= 0.3 is 0 Å². The summed E-state index contributed by atoms with van der Waals surface area (Å²) in [6.45, 7) is 8.21. The number of thiol groups is 1. The molecule has 4 nitrogen and oxygen atoms in total. The third kappa shape index (κ3) is 3.65. The number of nitrogens with zero attached hydrogens (tertiary/aromatic N) is 2. The minimum atomic E-state index is 0.00942. The number of aryl methyl sites for hydroxylation is 1. The molecule has 0 saturated carbocycles. The van der Waals surface area contributed by atoms with Crippen LogP contribution in [0.3, 0.4) is 0 Å². The van der Waals surface area contributed by atoms with E-state index in [0.29, 0.717) is 17.1 Å². The summed E-state index contributed by atoms with van der Waals surface area (Å²) in [5, 5.41) is 20.5. The molecular weight excluding hydrogens is 356 g/mol. The number of fused-ring (bicyclic) bond motifs is 1. The molecule has 1 aliphatic carbocycles. The van der Waals surface area contributed by atoms with Gasteiger partial charge in [-0.25, -0.2) is 0 Å². The zero-order chi connectivity index (χ0) is 19.7. The Bertz CT molecular complexity index is 938. The fraction of sp³-hybridized carbons (Fsp3) is 0.273. The van der Waals surface area contributed by atoms with Crippen LogP contribution in [-0.2, 0) is 13.5 Å². The van der Waals surface area contributed by atoms with Crippen LogP contribution >= 0.6 is 12.6 Å². The van der Waals surface area contributed by atoms with E-state index >= 15 is 0 Å². The lowest BCUT2D eigenvalue weighted by atomic mass is 9.97. The zero-order valence-electron chi connectivity index (χ0n) is 16.0. The Morgan fingerprint density at radius 3 is 2.67 bits per heavy atom. The summed E-state index contributed by atoms with van der Waals surface area (Å²) in [7, 11) is 2.03. The first-order valence-electron chi connectivity index (χ1n) is 8.99. The molecule has 5 heteroatoms. The van der Waals surface area contributed by atoms with E-state index in [-0.39, 0.29) is 17.4 Å². The Balaban J connectivity index is 1.96. The van der Waals surface area contributed by atoms with E-state index in [1.54, 1.807) is 0 Å². The number of aromatic nitrogens is 1. The predicted molar refractivity (Wildman–Crippen MR) is 115 cm³/mol. The van der Waals surface area contributed by atoms with Crippen LogP contribution in [0, 0.1) is 0 Å². The van der Waals surface area contributed by atoms with Gasteiger partial charge in [0.1, 0.15) is 11.5 Å². The Labute approximate surface area is 166 Å². The molecule has 0 fully saturated rings. The standard InChI is InChI=1S/C22H26N2O2S/c1-14(2)18-11-19(22(26)12-21(18)25)15(3)24(13-27)17-6-5-16-9-10-23(4)20(16)8-7-17/h6-12,14,25-27H,3,5,13H2,1-2,4H3. The quantitative estimate of drug-likeness (QED) is 0.511. The molecule has 2 N–H and O–H groups in total. The van der Waals surface area contributed by atoms with Gasteiger partial charge < -0.3 is 19.7 Å². The second-order valence-electron chi connectivity index (χ2n) is 7.10. The molecule has 0 amide bonds. The molecule has 1 heterocycles. The van der Waals surface area contributed by atoms with E-state index in [2.05, 4.69) is 48.2 Å². The van der Waals surface area contributed by atoms with Crippen LogP contribution in [0.25, 0.3) is 11.8 Å². The van der Waals surface area contributed by atoms with Crippen molar-refractivity contribution < 1.29 is 10.2 Å². The van der Waals surface area contributed by atoms with E-state index in [0.717, 1.165) is 17.7 Å². The summed E-state index contributed by atoms with van der Waals surface area (Å²) >= 11 is 4.49. The fourth-order valence-corrected chi connectivity index (χ4v) is 3.73. The Hall–Kier alpha value is -2.53. The summed E-state index contributed by atoms with van der Waals surface area (Å²) < 4.78 is 2.10. The first-order chi connectivity index (χ1) is 12.8. The smallest absolute Gasteiger partial charge is 0.128 e. The number of phenolic OH excluding ortho intramolecular Hbond substituents is 2. The molecule has 142 valence electrons. The maximum atomic E-state index is 10.4. The van der Waals surface area contributed by atoms with Crippen molar-refractivity contribution in [2.45, 2.75) is 26.2 Å². The Kier molecular flexibility index (Phi) is 5.42. The number of hydrogen-bond acceptors (Lipinski definition) is 4. The van der Waals surface area contributed by atoms with Crippen molar-refractivity contribution in [2.75, 3.05) is 5.88 Å². The maximum Gasteiger partial charge on any atom is 0.128 e. The van der Waals surface area contributed by atoms with Crippen molar-refractivity contribution in [3.8, 4) is 11.5 Å². The molecule has 3 rings (SSSR count). The molecule has 0 spiro atoms. The molecule has 27 heavy (non-hydrogen) atoms. The lowest BCUT2D eigenvalue weighted by Crippen LogP contribution is -2.19. The van der Waals surface area contributed by atoms with Gasteiger partial charge in [0.15, 0.2) is 0 Å². The SMILES string of the molecule is C=C(c1cc(C(C)C)c(O)cc1O)N(CS)C1=CCc2ccn(C)c2C=C1. The molecule has 2 aromatic rings. The van der Waals surface area contributed by atoms with E-state index in [4.69, 9.17) is 0 Å². The normalized spacial score (nSPS) is 13.3. The summed E-state index contributed by atoms with van der Waals surface area (Å²) in [5.74, 6) is 0.659. The molecule has 0 unspecified atom stereocenters. The number of rotatable bonds is 5. The predicted octanol–water partition coefficient (Wildman–Crippen LogP) is 4.87. The third-order valence-electron chi connectivity index (χ3n) is 5.01. The van der Waals surface area contributed by atoms with E-state index in [9.17, 15) is 10.2 Å². The monoisotopic (exact) mass is 382 g/mol. The van der Waals surface area contributed by atoms with Crippen molar-refractivity contribution in [3.63, 3.8) is 0 Å². The zero-order valence-corrected chi connectivity index (χ0v) is 16.9. The maximum absolute atomic E-state index is 10.4. The van der Waals surface area contributed by atoms with Crippen molar-refractivity contribution in [2.24, 2.45) is 7.05 Å².